The maximum Gasteiger partial charge on any atom is 0.330 e. The van der Waals surface area contributed by atoms with Crippen LogP contribution in [0, 0.1) is 5.82 Å². The zero-order chi connectivity index (χ0) is 25.6. The summed E-state index contributed by atoms with van der Waals surface area (Å²) in [5, 5.41) is 11.5. The molecule has 1 aliphatic heterocycles. The second kappa shape index (κ2) is 9.55. The normalized spacial score (nSPS) is 17.2. The summed E-state index contributed by atoms with van der Waals surface area (Å²) in [5.41, 5.74) is 2.55. The summed E-state index contributed by atoms with van der Waals surface area (Å²) in [4.78, 5) is 28.1. The van der Waals surface area contributed by atoms with Gasteiger partial charge >= 0.3 is 5.97 Å². The third kappa shape index (κ3) is 4.02. The number of esters is 1. The van der Waals surface area contributed by atoms with Crippen LogP contribution in [-0.4, -0.2) is 59.0 Å². The van der Waals surface area contributed by atoms with Crippen LogP contribution in [0.1, 0.15) is 17.5 Å². The Balaban J connectivity index is 1.61. The molecule has 2 aromatic carbocycles. The topological polar surface area (TPSA) is 83.0 Å². The van der Waals surface area contributed by atoms with Crippen LogP contribution in [0.4, 0.5) is 9.39 Å². The molecule has 1 unspecified atom stereocenters. The van der Waals surface area contributed by atoms with Crippen molar-refractivity contribution in [2.24, 2.45) is 0 Å². The summed E-state index contributed by atoms with van der Waals surface area (Å²) >= 11 is 7.73. The number of piperazine rings is 1. The van der Waals surface area contributed by atoms with Gasteiger partial charge in [0.1, 0.15) is 22.3 Å². The molecule has 36 heavy (non-hydrogen) atoms. The molecule has 7 nitrogen and oxygen atoms in total. The molecule has 0 bridgehead atoms. The fourth-order valence-corrected chi connectivity index (χ4v) is 6.12. The third-order valence-corrected chi connectivity index (χ3v) is 7.83. The van der Waals surface area contributed by atoms with E-state index in [1.165, 1.54) is 24.2 Å². The predicted octanol–water partition coefficient (Wildman–Crippen LogP) is 4.80. The largest absolute Gasteiger partial charge is 0.508 e. The number of aromatic hydroxyl groups is 1. The van der Waals surface area contributed by atoms with Crippen molar-refractivity contribution in [2.75, 3.05) is 31.6 Å². The number of phenolic OH excluding ortho intramolecular Hbond substituents is 1. The van der Waals surface area contributed by atoms with Crippen LogP contribution >= 0.6 is 23.1 Å². The molecule has 1 aromatic heterocycles. The summed E-state index contributed by atoms with van der Waals surface area (Å²) in [6.45, 7) is 4.30. The number of hydrogen-bond acceptors (Lipinski definition) is 7. The van der Waals surface area contributed by atoms with Gasteiger partial charge in [-0.2, -0.15) is 4.37 Å². The summed E-state index contributed by atoms with van der Waals surface area (Å²) in [7, 11) is 1.28. The number of hydrogen-bond donors (Lipinski definition) is 1. The number of methoxy groups -OCH3 is 1. The summed E-state index contributed by atoms with van der Waals surface area (Å²) < 4.78 is 25.4. The van der Waals surface area contributed by atoms with E-state index >= 15 is 4.39 Å². The molecule has 1 atom stereocenters. The molecule has 1 fully saturated rings. The molecule has 2 aliphatic rings. The number of aromatic nitrogens is 1. The highest BCUT2D eigenvalue weighted by Gasteiger charge is 2.37. The Kier molecular flexibility index (Phi) is 6.44. The first-order valence-corrected chi connectivity index (χ1v) is 12.5. The second-order valence-electron chi connectivity index (χ2n) is 8.66. The monoisotopic (exact) mass is 527 g/mol. The molecule has 186 valence electrons. The second-order valence-corrected chi connectivity index (χ2v) is 9.82. The van der Waals surface area contributed by atoms with E-state index in [0.29, 0.717) is 29.0 Å². The molecular formula is C26H23ClFN3O4S. The van der Waals surface area contributed by atoms with Crippen LogP contribution in [0.15, 0.2) is 36.9 Å². The van der Waals surface area contributed by atoms with E-state index in [1.807, 2.05) is 12.2 Å². The molecular weight excluding hydrogens is 505 g/mol. The smallest absolute Gasteiger partial charge is 0.330 e. The van der Waals surface area contributed by atoms with Gasteiger partial charge in [-0.25, -0.2) is 9.18 Å². The lowest BCUT2D eigenvalue weighted by Crippen LogP contribution is -2.58. The van der Waals surface area contributed by atoms with Gasteiger partial charge in [-0.3, -0.25) is 4.79 Å². The average molecular weight is 528 g/mol. The number of nitrogens with zero attached hydrogens (tertiary/aromatic N) is 3. The highest BCUT2D eigenvalue weighted by Crippen LogP contribution is 2.44. The van der Waals surface area contributed by atoms with Gasteiger partial charge < -0.3 is 19.6 Å². The number of phenols is 1. The Morgan fingerprint density at radius 1 is 1.33 bits per heavy atom. The molecule has 5 rings (SSSR count). The molecule has 1 saturated heterocycles. The lowest BCUT2D eigenvalue weighted by molar-refractivity contribution is -0.144. The van der Waals surface area contributed by atoms with E-state index in [9.17, 15) is 14.7 Å². The number of carbonyl (C=O) groups is 2. The minimum Gasteiger partial charge on any atom is -0.508 e. The lowest BCUT2D eigenvalue weighted by Gasteiger charge is -2.40. The van der Waals surface area contributed by atoms with E-state index in [1.54, 1.807) is 17.0 Å². The zero-order valence-corrected chi connectivity index (χ0v) is 21.0. The predicted molar refractivity (Wildman–Crippen MR) is 139 cm³/mol. The Morgan fingerprint density at radius 2 is 2.14 bits per heavy atom. The van der Waals surface area contributed by atoms with Gasteiger partial charge in [-0.1, -0.05) is 30.3 Å². The molecule has 2 heterocycles. The summed E-state index contributed by atoms with van der Waals surface area (Å²) in [6.07, 6.45) is 6.72. The van der Waals surface area contributed by atoms with E-state index in [4.69, 9.17) is 16.3 Å². The van der Waals surface area contributed by atoms with Crippen LogP contribution in [0.2, 0.25) is 5.02 Å². The molecule has 1 aliphatic carbocycles. The maximum absolute atomic E-state index is 16.0. The Labute approximate surface area is 216 Å². The molecule has 1 amide bonds. The van der Waals surface area contributed by atoms with Crippen molar-refractivity contribution in [3.05, 3.63) is 58.9 Å². The third-order valence-electron chi connectivity index (χ3n) is 6.63. The van der Waals surface area contributed by atoms with Gasteiger partial charge in [0.2, 0.25) is 5.91 Å². The van der Waals surface area contributed by atoms with Crippen LogP contribution < -0.4 is 4.90 Å². The van der Waals surface area contributed by atoms with E-state index in [2.05, 4.69) is 11.0 Å². The SMILES string of the molecule is C=CC(=O)N1CCN(c2snc3c(F)c(-c4cc(O)cc5c4C=CCC5)c(Cl)cc23)C(C(=O)OC)C1. The van der Waals surface area contributed by atoms with Gasteiger partial charge in [0.25, 0.3) is 0 Å². The van der Waals surface area contributed by atoms with Crippen molar-refractivity contribution in [3.63, 3.8) is 0 Å². The van der Waals surface area contributed by atoms with Crippen molar-refractivity contribution < 1.29 is 23.8 Å². The number of amides is 1. The van der Waals surface area contributed by atoms with Gasteiger partial charge in [0, 0.05) is 24.0 Å². The molecule has 3 aromatic rings. The molecule has 0 saturated carbocycles. The minimum atomic E-state index is -0.791. The summed E-state index contributed by atoms with van der Waals surface area (Å²) in [5.74, 6) is -1.34. The zero-order valence-electron chi connectivity index (χ0n) is 19.5. The number of halogens is 2. The number of anilines is 1. The average Bonchev–Trinajstić information content (AvgIpc) is 3.31. The van der Waals surface area contributed by atoms with Crippen molar-refractivity contribution in [2.45, 2.75) is 18.9 Å². The first-order valence-electron chi connectivity index (χ1n) is 11.4. The number of benzene rings is 2. The van der Waals surface area contributed by atoms with Crippen LogP contribution in [0.3, 0.4) is 0 Å². The number of allylic oxidation sites excluding steroid dienone is 1. The standard InChI is InChI=1S/C26H23ClFN3O4S/c1-3-21(33)30-8-9-31(20(13-30)26(34)35-2)25-18-12-19(27)22(23(28)24(18)29-36-25)17-11-15(32)10-14-6-4-5-7-16(14)17/h3,5,7,10-12,20,32H,1,4,6,8-9,13H2,2H3. The van der Waals surface area contributed by atoms with Crippen molar-refractivity contribution in [1.82, 2.24) is 9.27 Å². The number of aryl methyl sites for hydroxylation is 1. The molecule has 10 heteroatoms. The lowest BCUT2D eigenvalue weighted by atomic mass is 9.89. The van der Waals surface area contributed by atoms with Gasteiger partial charge in [-0.05, 0) is 65.3 Å². The number of ether oxygens (including phenoxy) is 1. The number of fused-ring (bicyclic) bond motifs is 2. The van der Waals surface area contributed by atoms with E-state index < -0.39 is 17.8 Å². The van der Waals surface area contributed by atoms with E-state index in [-0.39, 0.29) is 34.3 Å². The highest BCUT2D eigenvalue weighted by atomic mass is 35.5. The Bertz CT molecular complexity index is 1440. The first-order chi connectivity index (χ1) is 17.3. The van der Waals surface area contributed by atoms with Crippen molar-refractivity contribution >= 4 is 57.0 Å². The number of carbonyl (C=O) groups excluding carboxylic acids is 2. The fourth-order valence-electron chi connectivity index (χ4n) is 4.89. The molecule has 1 N–H and O–H groups in total. The van der Waals surface area contributed by atoms with Gasteiger partial charge in [-0.15, -0.1) is 0 Å². The Hall–Kier alpha value is -3.43. The quantitative estimate of drug-likeness (QED) is 0.388. The number of rotatable bonds is 4. The maximum atomic E-state index is 16.0. The van der Waals surface area contributed by atoms with Crippen molar-refractivity contribution in [1.29, 1.82) is 0 Å². The van der Waals surface area contributed by atoms with Gasteiger partial charge in [0.05, 0.1) is 18.7 Å². The van der Waals surface area contributed by atoms with Gasteiger partial charge in [0.15, 0.2) is 5.82 Å². The minimum absolute atomic E-state index is 0.0430. The van der Waals surface area contributed by atoms with Crippen molar-refractivity contribution in [3.8, 4) is 16.9 Å². The highest BCUT2D eigenvalue weighted by molar-refractivity contribution is 7.11. The van der Waals surface area contributed by atoms with Crippen LogP contribution in [0.5, 0.6) is 5.75 Å². The van der Waals surface area contributed by atoms with Crippen LogP contribution in [-0.2, 0) is 20.7 Å². The summed E-state index contributed by atoms with van der Waals surface area (Å²) in [6, 6.07) is 4.06. The Morgan fingerprint density at radius 3 is 2.89 bits per heavy atom. The first kappa shape index (κ1) is 24.3. The van der Waals surface area contributed by atoms with Crippen LogP contribution in [0.25, 0.3) is 28.1 Å². The molecule has 0 radical (unpaired) electrons. The van der Waals surface area contributed by atoms with E-state index in [0.717, 1.165) is 35.5 Å². The molecule has 0 spiro atoms. The fraction of sp³-hybridized carbons (Fsp3) is 0.269.